The maximum atomic E-state index is 9.92. The van der Waals surface area contributed by atoms with E-state index in [4.69, 9.17) is 0 Å². The zero-order valence-electron chi connectivity index (χ0n) is 20.1. The van der Waals surface area contributed by atoms with Gasteiger partial charge in [-0.15, -0.1) is 0 Å². The van der Waals surface area contributed by atoms with Crippen molar-refractivity contribution < 1.29 is 5.11 Å². The highest BCUT2D eigenvalue weighted by molar-refractivity contribution is 5.11. The highest BCUT2D eigenvalue weighted by Gasteiger charge is 2.61. The van der Waals surface area contributed by atoms with Crippen molar-refractivity contribution in [1.82, 2.24) is 0 Å². The molecule has 0 aliphatic heterocycles. The first-order valence-electron chi connectivity index (χ1n) is 13.0. The molecule has 4 rings (SSSR count). The topological polar surface area (TPSA) is 20.2 Å². The van der Waals surface area contributed by atoms with E-state index in [9.17, 15) is 5.11 Å². The number of aliphatic hydroxyl groups is 1. The lowest BCUT2D eigenvalue weighted by atomic mass is 9.46. The summed E-state index contributed by atoms with van der Waals surface area (Å²) in [6.07, 6.45) is 14.0. The van der Waals surface area contributed by atoms with Crippen LogP contribution >= 0.6 is 0 Å². The third-order valence-electron chi connectivity index (χ3n) is 11.3. The van der Waals surface area contributed by atoms with Crippen molar-refractivity contribution in [3.63, 3.8) is 0 Å². The Hall–Kier alpha value is -0.300. The van der Waals surface area contributed by atoms with Gasteiger partial charge in [0, 0.05) is 6.61 Å². The second-order valence-corrected chi connectivity index (χ2v) is 12.6. The summed E-state index contributed by atoms with van der Waals surface area (Å²) in [6, 6.07) is 0. The Kier molecular flexibility index (Phi) is 6.04. The average molecular weight is 401 g/mol. The van der Waals surface area contributed by atoms with Crippen LogP contribution in [0.15, 0.2) is 12.2 Å². The normalized spacial score (nSPS) is 47.6. The molecule has 9 atom stereocenters. The van der Waals surface area contributed by atoms with Crippen LogP contribution in [0.3, 0.4) is 0 Å². The molecule has 1 heteroatoms. The Bertz CT molecular complexity index is 607. The zero-order chi connectivity index (χ0) is 21.0. The van der Waals surface area contributed by atoms with Gasteiger partial charge in [0.2, 0.25) is 0 Å². The molecular weight excluding hydrogens is 352 g/mol. The highest BCUT2D eigenvalue weighted by atomic mass is 16.3. The van der Waals surface area contributed by atoms with Crippen LogP contribution in [0, 0.1) is 58.2 Å². The fourth-order valence-electron chi connectivity index (χ4n) is 9.42. The van der Waals surface area contributed by atoms with Gasteiger partial charge in [0.1, 0.15) is 0 Å². The number of hydrogen-bond acceptors (Lipinski definition) is 1. The Morgan fingerprint density at radius 1 is 0.897 bits per heavy atom. The van der Waals surface area contributed by atoms with Gasteiger partial charge in [-0.25, -0.2) is 0 Å². The highest BCUT2D eigenvalue weighted by Crippen LogP contribution is 2.69. The molecule has 1 N–H and O–H groups in total. The third-order valence-corrected chi connectivity index (χ3v) is 11.3. The smallest absolute Gasteiger partial charge is 0.0462 e. The van der Waals surface area contributed by atoms with Gasteiger partial charge in [-0.05, 0) is 122 Å². The second kappa shape index (κ2) is 7.99. The van der Waals surface area contributed by atoms with Gasteiger partial charge in [0.25, 0.3) is 0 Å². The first-order chi connectivity index (χ1) is 13.7. The molecule has 0 unspecified atom stereocenters. The van der Waals surface area contributed by atoms with E-state index in [1.165, 1.54) is 69.8 Å². The molecule has 0 amide bonds. The van der Waals surface area contributed by atoms with E-state index in [2.05, 4.69) is 41.2 Å². The van der Waals surface area contributed by atoms with E-state index < -0.39 is 0 Å². The van der Waals surface area contributed by atoms with Crippen molar-refractivity contribution in [3.05, 3.63) is 12.2 Å². The van der Waals surface area contributed by atoms with E-state index >= 15 is 0 Å². The van der Waals surface area contributed by atoms with Crippen molar-refractivity contribution >= 4 is 0 Å². The minimum absolute atomic E-state index is 0.431. The lowest BCUT2D eigenvalue weighted by Crippen LogP contribution is -2.51. The minimum Gasteiger partial charge on any atom is -0.396 e. The van der Waals surface area contributed by atoms with E-state index in [0.717, 1.165) is 35.5 Å². The van der Waals surface area contributed by atoms with Crippen molar-refractivity contribution in [3.8, 4) is 0 Å². The summed E-state index contributed by atoms with van der Waals surface area (Å²) in [5, 5.41) is 9.92. The summed E-state index contributed by atoms with van der Waals surface area (Å²) in [4.78, 5) is 0. The van der Waals surface area contributed by atoms with Gasteiger partial charge in [0.15, 0.2) is 0 Å². The number of rotatable bonds is 6. The van der Waals surface area contributed by atoms with Crippen LogP contribution in [0.1, 0.15) is 98.8 Å². The molecule has 0 bridgehead atoms. The van der Waals surface area contributed by atoms with Crippen LogP contribution in [-0.4, -0.2) is 11.7 Å². The van der Waals surface area contributed by atoms with Gasteiger partial charge in [-0.1, -0.05) is 46.8 Å². The summed E-state index contributed by atoms with van der Waals surface area (Å²) >= 11 is 0. The zero-order valence-corrected chi connectivity index (χ0v) is 20.1. The molecule has 0 saturated heterocycles. The van der Waals surface area contributed by atoms with Gasteiger partial charge >= 0.3 is 0 Å². The summed E-state index contributed by atoms with van der Waals surface area (Å²) in [6.45, 7) is 17.2. The van der Waals surface area contributed by atoms with E-state index in [1.807, 2.05) is 0 Å². The number of aliphatic hydroxyl groups excluding tert-OH is 1. The standard InChI is InChI=1S/C28H48O/c1-18(2)19(3)7-8-20(4)23-11-12-25-22-9-10-24-21(17-29)13-15-28(24,6)26(22)14-16-27(23,25)5/h18,20-26,29H,3,7-17H2,1-2,4-6H3/t20-,21-,22+,23-,24+,25+,26+,27-,28+/m1/s1. The van der Waals surface area contributed by atoms with Crippen LogP contribution in [-0.2, 0) is 0 Å². The lowest BCUT2D eigenvalue weighted by Gasteiger charge is -2.58. The summed E-state index contributed by atoms with van der Waals surface area (Å²) in [5.74, 6) is 6.67. The second-order valence-electron chi connectivity index (χ2n) is 12.6. The van der Waals surface area contributed by atoms with Gasteiger partial charge < -0.3 is 5.11 Å². The largest absolute Gasteiger partial charge is 0.396 e. The van der Waals surface area contributed by atoms with Crippen molar-refractivity contribution in [2.24, 2.45) is 58.2 Å². The quantitative estimate of drug-likeness (QED) is 0.458. The first kappa shape index (κ1) is 21.9. The molecule has 0 spiro atoms. The molecule has 166 valence electrons. The maximum absolute atomic E-state index is 9.92. The minimum atomic E-state index is 0.431. The van der Waals surface area contributed by atoms with E-state index in [1.54, 1.807) is 0 Å². The van der Waals surface area contributed by atoms with Gasteiger partial charge in [0.05, 0.1) is 0 Å². The summed E-state index contributed by atoms with van der Waals surface area (Å²) in [7, 11) is 0. The van der Waals surface area contributed by atoms with Crippen LogP contribution in [0.5, 0.6) is 0 Å². The SMILES string of the molecule is C=C(CC[C@@H](C)[C@H]1CC[C@H]2[C@@H]3CC[C@H]4[C@@H](CO)CC[C@]4(C)[C@H]3CC[C@]12C)C(C)C. The van der Waals surface area contributed by atoms with Crippen LogP contribution in [0.25, 0.3) is 0 Å². The molecule has 0 heterocycles. The number of fused-ring (bicyclic) bond motifs is 5. The maximum Gasteiger partial charge on any atom is 0.0462 e. The first-order valence-corrected chi connectivity index (χ1v) is 13.0. The Balaban J connectivity index is 1.47. The molecule has 29 heavy (non-hydrogen) atoms. The average Bonchev–Trinajstić information content (AvgIpc) is 3.22. The van der Waals surface area contributed by atoms with Gasteiger partial charge in [-0.2, -0.15) is 0 Å². The van der Waals surface area contributed by atoms with Crippen molar-refractivity contribution in [2.45, 2.75) is 98.8 Å². The molecular formula is C28H48O. The molecule has 4 fully saturated rings. The lowest BCUT2D eigenvalue weighted by molar-refractivity contribution is -0.0975. The molecule has 4 saturated carbocycles. The van der Waals surface area contributed by atoms with E-state index in [0.29, 0.717) is 29.3 Å². The monoisotopic (exact) mass is 400 g/mol. The molecule has 0 aromatic carbocycles. The number of allylic oxidation sites excluding steroid dienone is 1. The van der Waals surface area contributed by atoms with Crippen LogP contribution in [0.4, 0.5) is 0 Å². The fraction of sp³-hybridized carbons (Fsp3) is 0.929. The Labute approximate surface area is 181 Å². The predicted octanol–water partition coefficient (Wildman–Crippen LogP) is 7.49. The molecule has 0 aromatic rings. The Morgan fingerprint density at radius 3 is 2.24 bits per heavy atom. The van der Waals surface area contributed by atoms with E-state index in [-0.39, 0.29) is 0 Å². The molecule has 4 aliphatic carbocycles. The summed E-state index contributed by atoms with van der Waals surface area (Å²) in [5.41, 5.74) is 2.56. The molecule has 4 aliphatic rings. The third kappa shape index (κ3) is 3.46. The predicted molar refractivity (Wildman–Crippen MR) is 124 cm³/mol. The van der Waals surface area contributed by atoms with Crippen LogP contribution in [0.2, 0.25) is 0 Å². The molecule has 0 aromatic heterocycles. The van der Waals surface area contributed by atoms with Crippen LogP contribution < -0.4 is 0 Å². The summed E-state index contributed by atoms with van der Waals surface area (Å²) < 4.78 is 0. The molecule has 0 radical (unpaired) electrons. The Morgan fingerprint density at radius 2 is 1.55 bits per heavy atom. The number of hydrogen-bond donors (Lipinski definition) is 1. The van der Waals surface area contributed by atoms with Gasteiger partial charge in [-0.3, -0.25) is 0 Å². The van der Waals surface area contributed by atoms with Crippen molar-refractivity contribution in [2.75, 3.05) is 6.61 Å². The fourth-order valence-corrected chi connectivity index (χ4v) is 9.42. The molecule has 1 nitrogen and oxygen atoms in total. The van der Waals surface area contributed by atoms with Crippen molar-refractivity contribution in [1.29, 1.82) is 0 Å².